The number of hydrogen-bond donors (Lipinski definition) is 0. The van der Waals surface area contributed by atoms with Gasteiger partial charge in [-0.2, -0.15) is 0 Å². The molecule has 1 atom stereocenters. The molecule has 0 aromatic heterocycles. The molecule has 1 aliphatic carbocycles. The first-order valence-electron chi connectivity index (χ1n) is 7.08. The Labute approximate surface area is 94.6 Å². The van der Waals surface area contributed by atoms with Crippen molar-refractivity contribution in [2.75, 3.05) is 6.61 Å². The van der Waals surface area contributed by atoms with Crippen molar-refractivity contribution in [3.8, 4) is 0 Å². The fraction of sp³-hybridized carbons (Fsp3) is 1.00. The molecule has 1 nitrogen and oxygen atoms in total. The van der Waals surface area contributed by atoms with E-state index in [2.05, 4.69) is 0 Å². The summed E-state index contributed by atoms with van der Waals surface area (Å²) in [6.45, 7) is 1.03. The van der Waals surface area contributed by atoms with Crippen LogP contribution in [0.15, 0.2) is 0 Å². The topological polar surface area (TPSA) is 9.23 Å². The summed E-state index contributed by atoms with van der Waals surface area (Å²) < 4.78 is 5.86. The first kappa shape index (κ1) is 11.4. The highest BCUT2D eigenvalue weighted by Crippen LogP contribution is 2.30. The quantitative estimate of drug-likeness (QED) is 0.627. The van der Waals surface area contributed by atoms with Gasteiger partial charge in [0.25, 0.3) is 0 Å². The number of hydrogen-bond acceptors (Lipinski definition) is 1. The predicted molar refractivity (Wildman–Crippen MR) is 64.0 cm³/mol. The molecule has 1 saturated carbocycles. The van der Waals surface area contributed by atoms with Gasteiger partial charge >= 0.3 is 0 Å². The van der Waals surface area contributed by atoms with E-state index in [-0.39, 0.29) is 0 Å². The molecule has 0 aromatic carbocycles. The van der Waals surface area contributed by atoms with Crippen LogP contribution in [0.3, 0.4) is 0 Å². The summed E-state index contributed by atoms with van der Waals surface area (Å²) in [6.07, 6.45) is 16.4. The van der Waals surface area contributed by atoms with Crippen molar-refractivity contribution in [2.24, 2.45) is 5.92 Å². The van der Waals surface area contributed by atoms with Crippen molar-refractivity contribution >= 4 is 0 Å². The van der Waals surface area contributed by atoms with Crippen molar-refractivity contribution in [3.63, 3.8) is 0 Å². The zero-order valence-electron chi connectivity index (χ0n) is 10.0. The zero-order valence-corrected chi connectivity index (χ0v) is 10.0. The average Bonchev–Trinajstić information content (AvgIpc) is 2.79. The maximum Gasteiger partial charge on any atom is 0.0604 e. The Morgan fingerprint density at radius 1 is 0.600 bits per heavy atom. The van der Waals surface area contributed by atoms with Crippen LogP contribution >= 0.6 is 0 Å². The largest absolute Gasteiger partial charge is 0.378 e. The summed E-state index contributed by atoms with van der Waals surface area (Å²) in [4.78, 5) is 0. The Morgan fingerprint density at radius 2 is 1.20 bits per heavy atom. The van der Waals surface area contributed by atoms with Gasteiger partial charge in [-0.15, -0.1) is 0 Å². The third-order valence-corrected chi connectivity index (χ3v) is 4.14. The molecule has 15 heavy (non-hydrogen) atoms. The first-order valence-corrected chi connectivity index (χ1v) is 7.08. The van der Waals surface area contributed by atoms with Crippen LogP contribution in [0.2, 0.25) is 0 Å². The normalized spacial score (nSPS) is 31.6. The van der Waals surface area contributed by atoms with Crippen molar-refractivity contribution in [1.82, 2.24) is 0 Å². The monoisotopic (exact) mass is 210 g/mol. The van der Waals surface area contributed by atoms with Gasteiger partial charge in [-0.1, -0.05) is 44.9 Å². The minimum absolute atomic E-state index is 0.629. The van der Waals surface area contributed by atoms with E-state index in [0.29, 0.717) is 6.10 Å². The maximum absolute atomic E-state index is 5.86. The lowest BCUT2D eigenvalue weighted by Gasteiger charge is -2.23. The van der Waals surface area contributed by atoms with Gasteiger partial charge in [0, 0.05) is 6.61 Å². The van der Waals surface area contributed by atoms with Gasteiger partial charge in [0.05, 0.1) is 6.10 Å². The van der Waals surface area contributed by atoms with Crippen LogP contribution in [0.4, 0.5) is 0 Å². The highest BCUT2D eigenvalue weighted by molar-refractivity contribution is 4.75. The Bertz CT molecular complexity index is 151. The molecule has 88 valence electrons. The zero-order chi connectivity index (χ0) is 10.3. The predicted octanol–water partition coefficient (Wildman–Crippen LogP) is 4.31. The van der Waals surface area contributed by atoms with E-state index in [1.807, 2.05) is 0 Å². The van der Waals surface area contributed by atoms with Gasteiger partial charge in [0.1, 0.15) is 0 Å². The molecular formula is C14H26O. The standard InChI is InChI=1S/C14H26O/c1-2-4-6-9-13(10-7-5-3-1)14-11-8-12-15-14/h13-14H,1-12H2. The van der Waals surface area contributed by atoms with Crippen molar-refractivity contribution in [2.45, 2.75) is 76.7 Å². The molecule has 2 rings (SSSR count). The summed E-state index contributed by atoms with van der Waals surface area (Å²) in [7, 11) is 0. The molecular weight excluding hydrogens is 184 g/mol. The fourth-order valence-corrected chi connectivity index (χ4v) is 3.19. The van der Waals surface area contributed by atoms with E-state index in [9.17, 15) is 0 Å². The van der Waals surface area contributed by atoms with Crippen molar-refractivity contribution in [1.29, 1.82) is 0 Å². The molecule has 0 radical (unpaired) electrons. The highest BCUT2D eigenvalue weighted by atomic mass is 16.5. The van der Waals surface area contributed by atoms with Crippen LogP contribution in [0.1, 0.15) is 70.6 Å². The molecule has 1 heteroatoms. The lowest BCUT2D eigenvalue weighted by molar-refractivity contribution is 0.0533. The second-order valence-corrected chi connectivity index (χ2v) is 5.36. The molecule has 2 aliphatic rings. The molecule has 1 unspecified atom stereocenters. The molecule has 2 fully saturated rings. The molecule has 0 spiro atoms. The molecule has 1 aliphatic heterocycles. The summed E-state index contributed by atoms with van der Waals surface area (Å²) >= 11 is 0. The Kier molecular flexibility index (Phi) is 4.98. The average molecular weight is 210 g/mol. The van der Waals surface area contributed by atoms with Gasteiger partial charge in [-0.25, -0.2) is 0 Å². The van der Waals surface area contributed by atoms with Crippen LogP contribution in [0.25, 0.3) is 0 Å². The van der Waals surface area contributed by atoms with Gasteiger partial charge in [0.15, 0.2) is 0 Å². The number of rotatable bonds is 1. The summed E-state index contributed by atoms with van der Waals surface area (Å²) in [5.74, 6) is 0.894. The minimum atomic E-state index is 0.629. The van der Waals surface area contributed by atoms with E-state index in [1.165, 1.54) is 70.6 Å². The van der Waals surface area contributed by atoms with Gasteiger partial charge in [-0.05, 0) is 31.6 Å². The molecule has 1 saturated heterocycles. The van der Waals surface area contributed by atoms with Crippen molar-refractivity contribution in [3.05, 3.63) is 0 Å². The fourth-order valence-electron chi connectivity index (χ4n) is 3.19. The molecule has 1 heterocycles. The van der Waals surface area contributed by atoms with E-state index in [1.54, 1.807) is 0 Å². The second kappa shape index (κ2) is 6.52. The van der Waals surface area contributed by atoms with Crippen LogP contribution in [-0.4, -0.2) is 12.7 Å². The summed E-state index contributed by atoms with van der Waals surface area (Å²) in [6, 6.07) is 0. The lowest BCUT2D eigenvalue weighted by atomic mass is 9.87. The van der Waals surface area contributed by atoms with E-state index in [0.717, 1.165) is 12.5 Å². The molecule has 0 N–H and O–H groups in total. The molecule has 0 bridgehead atoms. The van der Waals surface area contributed by atoms with Crippen molar-refractivity contribution < 1.29 is 4.74 Å². The lowest BCUT2D eigenvalue weighted by Crippen LogP contribution is -2.20. The van der Waals surface area contributed by atoms with E-state index < -0.39 is 0 Å². The minimum Gasteiger partial charge on any atom is -0.378 e. The smallest absolute Gasteiger partial charge is 0.0604 e. The second-order valence-electron chi connectivity index (χ2n) is 5.36. The Balaban J connectivity index is 1.78. The van der Waals surface area contributed by atoms with E-state index >= 15 is 0 Å². The highest BCUT2D eigenvalue weighted by Gasteiger charge is 2.25. The molecule has 0 aromatic rings. The molecule has 0 amide bonds. The van der Waals surface area contributed by atoms with E-state index in [4.69, 9.17) is 4.74 Å². The van der Waals surface area contributed by atoms with Crippen LogP contribution in [0, 0.1) is 5.92 Å². The third-order valence-electron chi connectivity index (χ3n) is 4.14. The van der Waals surface area contributed by atoms with Crippen LogP contribution < -0.4 is 0 Å². The maximum atomic E-state index is 5.86. The van der Waals surface area contributed by atoms with Gasteiger partial charge in [0.2, 0.25) is 0 Å². The number of ether oxygens (including phenoxy) is 1. The third kappa shape index (κ3) is 3.79. The summed E-state index contributed by atoms with van der Waals surface area (Å²) in [5.41, 5.74) is 0. The Morgan fingerprint density at radius 3 is 1.73 bits per heavy atom. The first-order chi connectivity index (χ1) is 7.47. The summed E-state index contributed by atoms with van der Waals surface area (Å²) in [5, 5.41) is 0. The van der Waals surface area contributed by atoms with Crippen LogP contribution in [-0.2, 0) is 4.74 Å². The van der Waals surface area contributed by atoms with Gasteiger partial charge in [-0.3, -0.25) is 0 Å². The Hall–Kier alpha value is -0.0400. The van der Waals surface area contributed by atoms with Gasteiger partial charge < -0.3 is 4.74 Å². The SMILES string of the molecule is C1CCCCC(C2CCCO2)CCCC1. The van der Waals surface area contributed by atoms with Crippen LogP contribution in [0.5, 0.6) is 0 Å².